The van der Waals surface area contributed by atoms with Crippen molar-refractivity contribution in [2.45, 2.75) is 12.8 Å². The van der Waals surface area contributed by atoms with Crippen molar-refractivity contribution >= 4 is 23.2 Å². The number of rotatable bonds is 8. The molecule has 0 bridgehead atoms. The summed E-state index contributed by atoms with van der Waals surface area (Å²) in [6, 6.07) is 31.3. The Kier molecular flexibility index (Phi) is 6.94. The first kappa shape index (κ1) is 25.1. The van der Waals surface area contributed by atoms with Crippen LogP contribution in [0.25, 0.3) is 0 Å². The molecule has 5 rings (SSSR count). The number of amides is 2. The second-order valence-corrected chi connectivity index (χ2v) is 9.02. The zero-order chi connectivity index (χ0) is 27.2. The number of carbonyl (C=O) groups excluding carboxylic acids is 2. The third-order valence-corrected chi connectivity index (χ3v) is 6.24. The molecular weight excluding hydrogens is 492 g/mol. The fraction of sp³-hybridized carbons (Fsp3) is 0.0968. The largest absolute Gasteiger partial charge is 0.457 e. The molecule has 8 nitrogen and oxygen atoms in total. The maximum Gasteiger partial charge on any atom is 0.240 e. The summed E-state index contributed by atoms with van der Waals surface area (Å²) in [5.74, 6) is 1.35. The molecule has 2 amide bonds. The number of nitrogens with zero attached hydrogens (tertiary/aromatic N) is 2. The average Bonchev–Trinajstić information content (AvgIpc) is 3.77. The molecule has 4 aromatic carbocycles. The first-order valence-corrected chi connectivity index (χ1v) is 12.2. The zero-order valence-corrected chi connectivity index (χ0v) is 20.7. The quantitative estimate of drug-likeness (QED) is 0.263. The number of hydrogen-bond donors (Lipinski definition) is 2. The predicted octanol–water partition coefficient (Wildman–Crippen LogP) is 6.37. The van der Waals surface area contributed by atoms with E-state index in [9.17, 15) is 9.59 Å². The van der Waals surface area contributed by atoms with Crippen LogP contribution >= 0.6 is 0 Å². The lowest BCUT2D eigenvalue weighted by molar-refractivity contribution is -0.131. The standard InChI is InChI=1S/C31H22N4O4/c32-19-21-7-11-25(12-8-21)38-27-5-1-3-23(17-27)34-29(36)31(15-16-31)30(37)35-24-4-2-6-28(18-24)39-26-13-9-22(20-33)10-14-26/h1-14,17-18H,15-16H2,(H,34,36)(H,35,37). The van der Waals surface area contributed by atoms with Gasteiger partial charge in [0.15, 0.2) is 0 Å². The fourth-order valence-corrected chi connectivity index (χ4v) is 3.93. The molecule has 0 unspecified atom stereocenters. The van der Waals surface area contributed by atoms with Gasteiger partial charge in [-0.1, -0.05) is 12.1 Å². The summed E-state index contributed by atoms with van der Waals surface area (Å²) in [5.41, 5.74) is 0.906. The van der Waals surface area contributed by atoms with Gasteiger partial charge in [-0.15, -0.1) is 0 Å². The summed E-state index contributed by atoms with van der Waals surface area (Å²) in [6.45, 7) is 0. The van der Waals surface area contributed by atoms with Gasteiger partial charge < -0.3 is 20.1 Å². The van der Waals surface area contributed by atoms with Crippen molar-refractivity contribution in [2.75, 3.05) is 10.6 Å². The smallest absolute Gasteiger partial charge is 0.240 e. The van der Waals surface area contributed by atoms with E-state index in [1.165, 1.54) is 0 Å². The van der Waals surface area contributed by atoms with Gasteiger partial charge in [0.25, 0.3) is 0 Å². The van der Waals surface area contributed by atoms with E-state index in [1.807, 2.05) is 0 Å². The average molecular weight is 515 g/mol. The number of carbonyl (C=O) groups is 2. The van der Waals surface area contributed by atoms with Crippen molar-refractivity contribution in [3.05, 3.63) is 108 Å². The SMILES string of the molecule is N#Cc1ccc(Oc2cccc(NC(=O)C3(C(=O)Nc4cccc(Oc5ccc(C#N)cc5)c4)CC3)c2)cc1. The van der Waals surface area contributed by atoms with E-state index in [-0.39, 0.29) is 11.8 Å². The summed E-state index contributed by atoms with van der Waals surface area (Å²) < 4.78 is 11.7. The minimum Gasteiger partial charge on any atom is -0.457 e. The van der Waals surface area contributed by atoms with E-state index in [4.69, 9.17) is 20.0 Å². The molecule has 0 atom stereocenters. The van der Waals surface area contributed by atoms with Gasteiger partial charge in [-0.2, -0.15) is 10.5 Å². The maximum absolute atomic E-state index is 13.1. The molecule has 190 valence electrons. The van der Waals surface area contributed by atoms with Crippen molar-refractivity contribution in [1.82, 2.24) is 0 Å². The number of anilines is 2. The minimum absolute atomic E-state index is 0.388. The third kappa shape index (κ3) is 5.87. The number of nitrogens with one attached hydrogen (secondary N) is 2. The number of nitriles is 2. The van der Waals surface area contributed by atoms with Crippen LogP contribution in [0.3, 0.4) is 0 Å². The van der Waals surface area contributed by atoms with Crippen molar-refractivity contribution in [3.63, 3.8) is 0 Å². The van der Waals surface area contributed by atoms with Crippen LogP contribution in [-0.4, -0.2) is 11.8 Å². The van der Waals surface area contributed by atoms with Crippen LogP contribution in [0.5, 0.6) is 23.0 Å². The van der Waals surface area contributed by atoms with Crippen molar-refractivity contribution in [1.29, 1.82) is 10.5 Å². The van der Waals surface area contributed by atoms with Crippen molar-refractivity contribution in [2.24, 2.45) is 5.41 Å². The van der Waals surface area contributed by atoms with Gasteiger partial charge in [0.1, 0.15) is 28.4 Å². The van der Waals surface area contributed by atoms with Gasteiger partial charge in [-0.3, -0.25) is 9.59 Å². The number of ether oxygens (including phenoxy) is 2. The third-order valence-electron chi connectivity index (χ3n) is 6.24. The molecule has 2 N–H and O–H groups in total. The van der Waals surface area contributed by atoms with Gasteiger partial charge in [-0.25, -0.2) is 0 Å². The molecule has 0 radical (unpaired) electrons. The van der Waals surface area contributed by atoms with Gasteiger partial charge in [-0.05, 0) is 85.6 Å². The van der Waals surface area contributed by atoms with Gasteiger partial charge in [0, 0.05) is 23.5 Å². The van der Waals surface area contributed by atoms with E-state index in [2.05, 4.69) is 22.8 Å². The molecule has 1 aliphatic carbocycles. The highest BCUT2D eigenvalue weighted by Crippen LogP contribution is 2.47. The van der Waals surface area contributed by atoms with Crippen LogP contribution in [0.15, 0.2) is 97.1 Å². The number of benzene rings is 4. The first-order valence-electron chi connectivity index (χ1n) is 12.2. The molecule has 0 aromatic heterocycles. The summed E-state index contributed by atoms with van der Waals surface area (Å²) >= 11 is 0. The monoisotopic (exact) mass is 514 g/mol. The fourth-order valence-electron chi connectivity index (χ4n) is 3.93. The normalized spacial score (nSPS) is 12.8. The topological polar surface area (TPSA) is 124 Å². The number of hydrogen-bond acceptors (Lipinski definition) is 6. The lowest BCUT2D eigenvalue weighted by Gasteiger charge is -2.16. The van der Waals surface area contributed by atoms with E-state index in [0.29, 0.717) is 58.3 Å². The minimum atomic E-state index is -1.16. The Balaban J connectivity index is 1.22. The molecule has 0 aliphatic heterocycles. The first-order chi connectivity index (χ1) is 19.0. The summed E-state index contributed by atoms with van der Waals surface area (Å²) in [7, 11) is 0. The Hall–Kier alpha value is -5.60. The van der Waals surface area contributed by atoms with Crippen LogP contribution in [-0.2, 0) is 9.59 Å². The molecule has 39 heavy (non-hydrogen) atoms. The Morgan fingerprint density at radius 3 is 1.38 bits per heavy atom. The predicted molar refractivity (Wildman–Crippen MR) is 144 cm³/mol. The molecule has 0 spiro atoms. The van der Waals surface area contributed by atoms with Gasteiger partial charge in [0.2, 0.25) is 11.8 Å². The van der Waals surface area contributed by atoms with E-state index in [1.54, 1.807) is 97.1 Å². The Morgan fingerprint density at radius 1 is 0.615 bits per heavy atom. The van der Waals surface area contributed by atoms with Crippen LogP contribution in [0.1, 0.15) is 24.0 Å². The molecule has 1 fully saturated rings. The van der Waals surface area contributed by atoms with Crippen molar-refractivity contribution in [3.8, 4) is 35.1 Å². The highest BCUT2D eigenvalue weighted by molar-refractivity contribution is 6.17. The molecule has 0 saturated heterocycles. The van der Waals surface area contributed by atoms with Crippen LogP contribution in [0, 0.1) is 28.1 Å². The van der Waals surface area contributed by atoms with Crippen LogP contribution in [0.2, 0.25) is 0 Å². The summed E-state index contributed by atoms with van der Waals surface area (Å²) in [5, 5.41) is 23.6. The molecule has 8 heteroatoms. The molecule has 1 aliphatic rings. The lowest BCUT2D eigenvalue weighted by Crippen LogP contribution is -2.35. The Morgan fingerprint density at radius 2 is 1.03 bits per heavy atom. The summed E-state index contributed by atoms with van der Waals surface area (Å²) in [4.78, 5) is 26.3. The maximum atomic E-state index is 13.1. The van der Waals surface area contributed by atoms with Crippen LogP contribution in [0.4, 0.5) is 11.4 Å². The van der Waals surface area contributed by atoms with E-state index < -0.39 is 5.41 Å². The Labute approximate surface area is 225 Å². The Bertz CT molecular complexity index is 1490. The second-order valence-electron chi connectivity index (χ2n) is 9.02. The second kappa shape index (κ2) is 10.8. The highest BCUT2D eigenvalue weighted by Gasteiger charge is 2.56. The van der Waals surface area contributed by atoms with E-state index in [0.717, 1.165) is 0 Å². The van der Waals surface area contributed by atoms with Gasteiger partial charge in [0.05, 0.1) is 23.3 Å². The lowest BCUT2D eigenvalue weighted by atomic mass is 10.0. The van der Waals surface area contributed by atoms with Crippen LogP contribution < -0.4 is 20.1 Å². The highest BCUT2D eigenvalue weighted by atomic mass is 16.5. The molecule has 1 saturated carbocycles. The summed E-state index contributed by atoms with van der Waals surface area (Å²) in [6.07, 6.45) is 0.876. The molecular formula is C31H22N4O4. The molecule has 0 heterocycles. The van der Waals surface area contributed by atoms with E-state index >= 15 is 0 Å². The molecule has 4 aromatic rings. The van der Waals surface area contributed by atoms with Crippen molar-refractivity contribution < 1.29 is 19.1 Å². The van der Waals surface area contributed by atoms with Gasteiger partial charge >= 0.3 is 0 Å². The zero-order valence-electron chi connectivity index (χ0n) is 20.7.